The van der Waals surface area contributed by atoms with E-state index >= 15 is 0 Å². The van der Waals surface area contributed by atoms with Crippen molar-refractivity contribution in [3.05, 3.63) is 35.9 Å². The molecular formula is C12H10F3NO4. The van der Waals surface area contributed by atoms with Crippen LogP contribution in [0.2, 0.25) is 0 Å². The van der Waals surface area contributed by atoms with Gasteiger partial charge in [0.2, 0.25) is 0 Å². The number of amides is 1. The number of halogens is 3. The Kier molecular flexibility index (Phi) is 4.84. The van der Waals surface area contributed by atoms with Crippen LogP contribution in [0.1, 0.15) is 16.8 Å². The smallest absolute Gasteiger partial charge is 0.471 e. The molecule has 0 saturated heterocycles. The first-order chi connectivity index (χ1) is 9.21. The second-order valence-electron chi connectivity index (χ2n) is 3.86. The van der Waals surface area contributed by atoms with Gasteiger partial charge in [-0.2, -0.15) is 13.2 Å². The number of alkyl halides is 3. The van der Waals surface area contributed by atoms with E-state index in [1.807, 2.05) is 0 Å². The van der Waals surface area contributed by atoms with Crippen LogP contribution >= 0.6 is 0 Å². The van der Waals surface area contributed by atoms with Crippen LogP contribution < -0.4 is 5.32 Å². The van der Waals surface area contributed by atoms with Gasteiger partial charge in [0, 0.05) is 12.0 Å². The molecule has 0 saturated carbocycles. The van der Waals surface area contributed by atoms with Crippen molar-refractivity contribution in [3.8, 4) is 0 Å². The lowest BCUT2D eigenvalue weighted by Gasteiger charge is -2.15. The summed E-state index contributed by atoms with van der Waals surface area (Å²) < 4.78 is 36.1. The minimum atomic E-state index is -5.20. The van der Waals surface area contributed by atoms with E-state index < -0.39 is 36.3 Å². The van der Waals surface area contributed by atoms with Gasteiger partial charge in [0.25, 0.3) is 0 Å². The SMILES string of the molecule is O=C(C[C@@H](NC(=O)C(F)(F)F)C(=O)O)c1ccccc1. The molecule has 0 aromatic heterocycles. The van der Waals surface area contributed by atoms with Gasteiger partial charge in [0.1, 0.15) is 6.04 Å². The Hall–Kier alpha value is -2.38. The summed E-state index contributed by atoms with van der Waals surface area (Å²) in [5.41, 5.74) is 0.153. The van der Waals surface area contributed by atoms with Gasteiger partial charge in [0.15, 0.2) is 5.78 Å². The van der Waals surface area contributed by atoms with Crippen molar-refractivity contribution in [1.29, 1.82) is 0 Å². The Morgan fingerprint density at radius 3 is 2.15 bits per heavy atom. The third kappa shape index (κ3) is 4.38. The summed E-state index contributed by atoms with van der Waals surface area (Å²) in [7, 11) is 0. The molecule has 0 fully saturated rings. The van der Waals surface area contributed by atoms with Gasteiger partial charge in [-0.15, -0.1) is 0 Å². The summed E-state index contributed by atoms with van der Waals surface area (Å²) in [6, 6.07) is 5.53. The van der Waals surface area contributed by atoms with Crippen LogP contribution in [0.15, 0.2) is 30.3 Å². The molecule has 1 amide bonds. The number of rotatable bonds is 5. The van der Waals surface area contributed by atoms with Gasteiger partial charge in [-0.3, -0.25) is 9.59 Å². The van der Waals surface area contributed by atoms with E-state index in [0.29, 0.717) is 0 Å². The number of hydrogen-bond donors (Lipinski definition) is 2. The van der Waals surface area contributed by atoms with Crippen LogP contribution in [0.5, 0.6) is 0 Å². The van der Waals surface area contributed by atoms with E-state index in [0.717, 1.165) is 0 Å². The number of carbonyl (C=O) groups is 3. The summed E-state index contributed by atoms with van der Waals surface area (Å²) in [5, 5.41) is 10.0. The Balaban J connectivity index is 2.76. The highest BCUT2D eigenvalue weighted by molar-refractivity contribution is 5.99. The molecule has 1 aromatic rings. The van der Waals surface area contributed by atoms with E-state index in [9.17, 15) is 27.6 Å². The molecule has 5 nitrogen and oxygen atoms in total. The lowest BCUT2D eigenvalue weighted by molar-refractivity contribution is -0.175. The Morgan fingerprint density at radius 1 is 1.15 bits per heavy atom. The number of nitrogens with one attached hydrogen (secondary N) is 1. The summed E-state index contributed by atoms with van der Waals surface area (Å²) in [5.74, 6) is -4.79. The Labute approximate surface area is 111 Å². The van der Waals surface area contributed by atoms with Crippen molar-refractivity contribution in [2.75, 3.05) is 0 Å². The van der Waals surface area contributed by atoms with Crippen LogP contribution in [0, 0.1) is 0 Å². The first kappa shape index (κ1) is 15.7. The number of carbonyl (C=O) groups excluding carboxylic acids is 2. The van der Waals surface area contributed by atoms with Crippen molar-refractivity contribution >= 4 is 17.7 Å². The summed E-state index contributed by atoms with van der Waals surface area (Å²) in [4.78, 5) is 33.2. The fourth-order valence-electron chi connectivity index (χ4n) is 1.37. The maximum absolute atomic E-state index is 12.0. The van der Waals surface area contributed by atoms with Crippen LogP contribution in [0.3, 0.4) is 0 Å². The number of carboxylic acid groups (broad SMARTS) is 1. The van der Waals surface area contributed by atoms with Crippen molar-refractivity contribution < 1.29 is 32.7 Å². The molecule has 0 aliphatic heterocycles. The number of hydrogen-bond acceptors (Lipinski definition) is 3. The van der Waals surface area contributed by atoms with Gasteiger partial charge >= 0.3 is 18.1 Å². The average Bonchev–Trinajstić information content (AvgIpc) is 2.37. The minimum absolute atomic E-state index is 0.153. The third-order valence-corrected chi connectivity index (χ3v) is 2.35. The lowest BCUT2D eigenvalue weighted by atomic mass is 10.0. The number of carboxylic acids is 1. The molecule has 0 spiro atoms. The molecule has 20 heavy (non-hydrogen) atoms. The van der Waals surface area contributed by atoms with Crippen molar-refractivity contribution in [2.24, 2.45) is 0 Å². The zero-order valence-corrected chi connectivity index (χ0v) is 9.98. The highest BCUT2D eigenvalue weighted by atomic mass is 19.4. The fraction of sp³-hybridized carbons (Fsp3) is 0.250. The normalized spacial score (nSPS) is 12.6. The zero-order chi connectivity index (χ0) is 15.3. The molecule has 1 atom stereocenters. The highest BCUT2D eigenvalue weighted by Crippen LogP contribution is 2.15. The number of Topliss-reactive ketones (excluding diaryl/α,β-unsaturated/α-hetero) is 1. The molecular weight excluding hydrogens is 279 g/mol. The predicted molar refractivity (Wildman–Crippen MR) is 61.0 cm³/mol. The van der Waals surface area contributed by atoms with Crippen molar-refractivity contribution in [2.45, 2.75) is 18.6 Å². The number of aliphatic carboxylic acids is 1. The molecule has 2 N–H and O–H groups in total. The maximum Gasteiger partial charge on any atom is 0.471 e. The fourth-order valence-corrected chi connectivity index (χ4v) is 1.37. The summed E-state index contributed by atoms with van der Waals surface area (Å²) in [6.45, 7) is 0. The van der Waals surface area contributed by atoms with Crippen LogP contribution in [0.25, 0.3) is 0 Å². The van der Waals surface area contributed by atoms with Gasteiger partial charge in [-0.05, 0) is 0 Å². The molecule has 8 heteroatoms. The Morgan fingerprint density at radius 2 is 1.70 bits per heavy atom. The molecule has 0 unspecified atom stereocenters. The van der Waals surface area contributed by atoms with E-state index in [2.05, 4.69) is 0 Å². The molecule has 0 aliphatic carbocycles. The summed E-state index contributed by atoms with van der Waals surface area (Å²) in [6.07, 6.45) is -5.97. The second-order valence-corrected chi connectivity index (χ2v) is 3.86. The first-order valence-corrected chi connectivity index (χ1v) is 5.40. The van der Waals surface area contributed by atoms with Gasteiger partial charge in [-0.25, -0.2) is 4.79 Å². The number of benzene rings is 1. The second kappa shape index (κ2) is 6.18. The topological polar surface area (TPSA) is 83.5 Å². The van der Waals surface area contributed by atoms with E-state index in [1.165, 1.54) is 29.6 Å². The Bertz CT molecular complexity index is 513. The summed E-state index contributed by atoms with van der Waals surface area (Å²) >= 11 is 0. The molecule has 1 aromatic carbocycles. The maximum atomic E-state index is 12.0. The van der Waals surface area contributed by atoms with Crippen LogP contribution in [-0.4, -0.2) is 35.0 Å². The zero-order valence-electron chi connectivity index (χ0n) is 9.98. The molecule has 1 rings (SSSR count). The van der Waals surface area contributed by atoms with Gasteiger partial charge in [0.05, 0.1) is 0 Å². The van der Waals surface area contributed by atoms with Crippen molar-refractivity contribution in [3.63, 3.8) is 0 Å². The van der Waals surface area contributed by atoms with Crippen LogP contribution in [0.4, 0.5) is 13.2 Å². The molecule has 0 aliphatic rings. The van der Waals surface area contributed by atoms with Gasteiger partial charge < -0.3 is 10.4 Å². The molecule has 0 heterocycles. The lowest BCUT2D eigenvalue weighted by Crippen LogP contribution is -2.47. The molecule has 108 valence electrons. The third-order valence-electron chi connectivity index (χ3n) is 2.35. The number of ketones is 1. The van der Waals surface area contributed by atoms with Crippen LogP contribution in [-0.2, 0) is 9.59 Å². The molecule has 0 bridgehead atoms. The van der Waals surface area contributed by atoms with Gasteiger partial charge in [-0.1, -0.05) is 30.3 Å². The largest absolute Gasteiger partial charge is 0.480 e. The molecule has 0 radical (unpaired) electrons. The van der Waals surface area contributed by atoms with E-state index in [1.54, 1.807) is 6.07 Å². The quantitative estimate of drug-likeness (QED) is 0.802. The van der Waals surface area contributed by atoms with E-state index in [-0.39, 0.29) is 5.56 Å². The standard InChI is InChI=1S/C12H10F3NO4/c13-12(14,15)11(20)16-8(10(18)19)6-9(17)7-4-2-1-3-5-7/h1-5,8H,6H2,(H,16,20)(H,18,19)/t8-/m1/s1. The van der Waals surface area contributed by atoms with Crippen molar-refractivity contribution in [1.82, 2.24) is 5.32 Å². The predicted octanol–water partition coefficient (Wildman–Crippen LogP) is 1.39. The minimum Gasteiger partial charge on any atom is -0.480 e. The monoisotopic (exact) mass is 289 g/mol. The first-order valence-electron chi connectivity index (χ1n) is 5.40. The average molecular weight is 289 g/mol. The highest BCUT2D eigenvalue weighted by Gasteiger charge is 2.41. The van der Waals surface area contributed by atoms with E-state index in [4.69, 9.17) is 5.11 Å².